The second-order valence-corrected chi connectivity index (χ2v) is 26.3. The van der Waals surface area contributed by atoms with E-state index in [0.717, 1.165) is 129 Å². The number of β-amino-alcohol motifs (C(OH)–C–C–N with tert-alkyl or cyclic N) is 1. The molecule has 0 radical (unpaired) electrons. The molecule has 5 aliphatic heterocycles. The number of phenolic OH excluding ortho intramolecular Hbond substituents is 1. The molecule has 6 aliphatic rings. The number of carbonyl (C=O) groups is 3. The van der Waals surface area contributed by atoms with E-state index >= 15 is 4.39 Å². The number of thiazole rings is 1. The number of aliphatic hydroxyl groups excluding tert-OH is 1. The first kappa shape index (κ1) is 56.1. The molecule has 3 aromatic heterocycles. The van der Waals surface area contributed by atoms with Gasteiger partial charge in [0, 0.05) is 62.0 Å². The van der Waals surface area contributed by atoms with Gasteiger partial charge in [-0.25, -0.2) is 9.37 Å². The number of ether oxygens (including phenoxy) is 1. The summed E-state index contributed by atoms with van der Waals surface area (Å²) in [6, 6.07) is 16.5. The monoisotopic (exact) mass is 1140 g/mol. The van der Waals surface area contributed by atoms with Crippen LogP contribution in [0.25, 0.3) is 43.4 Å². The Labute approximate surface area is 483 Å². The molecule has 7 unspecified atom stereocenters. The Morgan fingerprint density at radius 1 is 0.963 bits per heavy atom. The van der Waals surface area contributed by atoms with Crippen molar-refractivity contribution in [3.8, 4) is 33.5 Å². The van der Waals surface area contributed by atoms with E-state index in [2.05, 4.69) is 42.6 Å². The molecular weight excluding hydrogens is 1060 g/mol. The van der Waals surface area contributed by atoms with Crippen LogP contribution in [0.15, 0.2) is 66.3 Å². The molecule has 19 heteroatoms. The first-order chi connectivity index (χ1) is 39.4. The Morgan fingerprint density at radius 3 is 2.43 bits per heavy atom. The fourth-order valence-electron chi connectivity index (χ4n) is 14.3. The predicted molar refractivity (Wildman–Crippen MR) is 316 cm³/mol. The highest BCUT2D eigenvalue weighted by molar-refractivity contribution is 7.13. The van der Waals surface area contributed by atoms with E-state index in [1.54, 1.807) is 29.7 Å². The number of nitrogens with zero attached hydrogens (tertiary/aromatic N) is 8. The Hall–Kier alpha value is -6.38. The summed E-state index contributed by atoms with van der Waals surface area (Å²) in [6.07, 6.45) is 9.97. The topological polar surface area (TPSA) is 202 Å². The summed E-state index contributed by atoms with van der Waals surface area (Å²) in [4.78, 5) is 70.8. The van der Waals surface area contributed by atoms with Crippen LogP contribution in [0.5, 0.6) is 11.8 Å². The molecule has 6 fully saturated rings. The number of aromatic nitrogens is 4. The van der Waals surface area contributed by atoms with Crippen LogP contribution in [0.1, 0.15) is 115 Å². The van der Waals surface area contributed by atoms with Crippen molar-refractivity contribution in [1.82, 2.24) is 50.6 Å². The van der Waals surface area contributed by atoms with E-state index in [1.807, 2.05) is 82.6 Å². The minimum atomic E-state index is -0.906. The van der Waals surface area contributed by atoms with Crippen molar-refractivity contribution in [2.75, 3.05) is 57.3 Å². The summed E-state index contributed by atoms with van der Waals surface area (Å²) in [5.74, 6) is -0.847. The Balaban J connectivity index is 0.663. The summed E-state index contributed by atoms with van der Waals surface area (Å²) < 4.78 is 23.9. The fraction of sp³-hybridized carbons (Fsp3) is 0.540. The lowest BCUT2D eigenvalue weighted by molar-refractivity contribution is -0.144. The molecule has 434 valence electrons. The number of aromatic hydroxyl groups is 1. The maximum absolute atomic E-state index is 17.3. The Kier molecular flexibility index (Phi) is 15.5. The summed E-state index contributed by atoms with van der Waals surface area (Å²) >= 11 is 1.58. The third kappa shape index (κ3) is 11.1. The van der Waals surface area contributed by atoms with Crippen molar-refractivity contribution in [2.45, 2.75) is 154 Å². The van der Waals surface area contributed by atoms with Gasteiger partial charge in [-0.1, -0.05) is 70.2 Å². The van der Waals surface area contributed by atoms with E-state index in [-0.39, 0.29) is 77.7 Å². The fourth-order valence-corrected chi connectivity index (χ4v) is 15.1. The van der Waals surface area contributed by atoms with Crippen LogP contribution >= 0.6 is 11.3 Å². The van der Waals surface area contributed by atoms with Crippen LogP contribution < -0.4 is 25.6 Å². The SMILES string of the molecule is CCc1cccc2cc(O)cc(-c3ncc4c(N5CC6CCC(C5)N6)nc(OCC5CCCN5C5CC6(CCN(CC(=O)NC(C(=O)N7CC(O)CC7C(=O)NC(C)c7ccc(-c8scnc8C)cc7)C(C)(C)C)CC6)C5)nc4c3F)c12. The lowest BCUT2D eigenvalue weighted by Gasteiger charge is -2.55. The number of aliphatic hydroxyl groups is 1. The molecule has 1 saturated carbocycles. The summed E-state index contributed by atoms with van der Waals surface area (Å²) in [6.45, 7) is 16.3. The number of rotatable bonds is 15. The number of hydrogen-bond donors (Lipinski definition) is 5. The lowest BCUT2D eigenvalue weighted by atomic mass is 9.60. The first-order valence-corrected chi connectivity index (χ1v) is 30.6. The molecule has 2 bridgehead atoms. The van der Waals surface area contributed by atoms with Gasteiger partial charge in [-0.3, -0.25) is 29.2 Å². The number of piperidine rings is 1. The normalized spacial score (nSPS) is 23.8. The van der Waals surface area contributed by atoms with Gasteiger partial charge in [0.1, 0.15) is 41.5 Å². The molecular formula is C63H78FN11O6S. The molecule has 17 nitrogen and oxygen atoms in total. The highest BCUT2D eigenvalue weighted by Crippen LogP contribution is 2.52. The van der Waals surface area contributed by atoms with Gasteiger partial charge < -0.3 is 40.7 Å². The number of halogens is 1. The lowest BCUT2D eigenvalue weighted by Crippen LogP contribution is -2.59. The van der Waals surface area contributed by atoms with Gasteiger partial charge in [-0.15, -0.1) is 11.3 Å². The van der Waals surface area contributed by atoms with Crippen molar-refractivity contribution >= 4 is 56.6 Å². The number of likely N-dealkylation sites (tertiary alicyclic amines) is 3. The number of benzene rings is 3. The third-order valence-corrected chi connectivity index (χ3v) is 19.8. The molecule has 6 aromatic rings. The number of amides is 3. The maximum atomic E-state index is 17.3. The first-order valence-electron chi connectivity index (χ1n) is 29.7. The number of phenols is 1. The van der Waals surface area contributed by atoms with Crippen molar-refractivity contribution < 1.29 is 33.7 Å². The van der Waals surface area contributed by atoms with Crippen molar-refractivity contribution in [3.63, 3.8) is 0 Å². The third-order valence-electron chi connectivity index (χ3n) is 18.8. The maximum Gasteiger partial charge on any atom is 0.319 e. The molecule has 7 atom stereocenters. The number of aryl methyl sites for hydroxylation is 2. The minimum absolute atomic E-state index is 0.00981. The number of carbonyl (C=O) groups excluding carboxylic acids is 3. The zero-order chi connectivity index (χ0) is 57.2. The molecule has 82 heavy (non-hydrogen) atoms. The van der Waals surface area contributed by atoms with Crippen molar-refractivity contribution in [1.29, 1.82) is 0 Å². The number of nitrogens with one attached hydrogen (secondary N) is 3. The van der Waals surface area contributed by atoms with Crippen LogP contribution in [-0.4, -0.2) is 157 Å². The number of piperazine rings is 1. The smallest absolute Gasteiger partial charge is 0.319 e. The van der Waals surface area contributed by atoms with Crippen LogP contribution in [0, 0.1) is 23.6 Å². The predicted octanol–water partition coefficient (Wildman–Crippen LogP) is 8.08. The van der Waals surface area contributed by atoms with Gasteiger partial charge in [0.15, 0.2) is 5.82 Å². The van der Waals surface area contributed by atoms with Gasteiger partial charge in [0.25, 0.3) is 0 Å². The average molecular weight is 1140 g/mol. The van der Waals surface area contributed by atoms with Gasteiger partial charge in [-0.2, -0.15) is 9.97 Å². The number of pyridine rings is 1. The van der Waals surface area contributed by atoms with Crippen LogP contribution in [0.4, 0.5) is 10.2 Å². The van der Waals surface area contributed by atoms with Crippen LogP contribution in [0.3, 0.4) is 0 Å². The van der Waals surface area contributed by atoms with Gasteiger partial charge in [0.05, 0.1) is 40.2 Å². The molecule has 1 aliphatic carbocycles. The Bertz CT molecular complexity index is 3360. The number of anilines is 1. The molecule has 3 amide bonds. The average Bonchev–Trinajstić information content (AvgIpc) is 4.35. The number of fused-ring (bicyclic) bond motifs is 4. The highest BCUT2D eigenvalue weighted by Gasteiger charge is 2.50. The second kappa shape index (κ2) is 22.7. The molecule has 3 aromatic carbocycles. The van der Waals surface area contributed by atoms with E-state index in [0.29, 0.717) is 41.5 Å². The van der Waals surface area contributed by atoms with Gasteiger partial charge in [0.2, 0.25) is 17.7 Å². The van der Waals surface area contributed by atoms with E-state index < -0.39 is 29.4 Å². The molecule has 8 heterocycles. The zero-order valence-corrected chi connectivity index (χ0v) is 48.9. The van der Waals surface area contributed by atoms with Gasteiger partial charge >= 0.3 is 6.01 Å². The highest BCUT2D eigenvalue weighted by atomic mass is 32.1. The van der Waals surface area contributed by atoms with E-state index in [9.17, 15) is 24.6 Å². The quantitative estimate of drug-likeness (QED) is 0.0661. The molecule has 1 spiro atoms. The summed E-state index contributed by atoms with van der Waals surface area (Å²) in [5.41, 5.74) is 6.15. The second-order valence-electron chi connectivity index (χ2n) is 25.5. The summed E-state index contributed by atoms with van der Waals surface area (Å²) in [5, 5.41) is 33.7. The minimum Gasteiger partial charge on any atom is -0.508 e. The van der Waals surface area contributed by atoms with Crippen molar-refractivity contribution in [3.05, 3.63) is 88.9 Å². The molecule has 12 rings (SSSR count). The largest absolute Gasteiger partial charge is 0.508 e. The van der Waals surface area contributed by atoms with E-state index in [1.165, 1.54) is 4.90 Å². The zero-order valence-electron chi connectivity index (χ0n) is 48.1. The Morgan fingerprint density at radius 2 is 1.72 bits per heavy atom. The summed E-state index contributed by atoms with van der Waals surface area (Å²) in [7, 11) is 0. The molecule has 5 N–H and O–H groups in total. The van der Waals surface area contributed by atoms with E-state index in [4.69, 9.17) is 19.7 Å². The van der Waals surface area contributed by atoms with Crippen LogP contribution in [-0.2, 0) is 20.8 Å². The number of hydrogen-bond acceptors (Lipinski definition) is 15. The van der Waals surface area contributed by atoms with Crippen LogP contribution in [0.2, 0.25) is 0 Å². The standard InChI is InChI=1S/C63H78FN11O6S/c1-7-38-10-8-11-41-24-46(76)25-48(52(38)41)54-53(64)55-49(29-65-54)58(73-30-42-17-18-43(31-73)68-42)71-61(70-55)81-34-44-12-9-21-74(44)45-27-63(28-45)19-22-72(23-20-63)33-51(78)69-57(62(4,5)6)60(80)75-32-47(77)26-50(75)59(79)67-36(2)39-13-15-40(16-14-39)56-37(3)66-35-82-56/h8,10-11,13-16,24-25,29,35-36,42-45,47,50,57,68,76-77H,7,9,12,17-23,26-28,30-34H2,1-6H3,(H,67,79)(H,69,78). The van der Waals surface area contributed by atoms with Gasteiger partial charge in [-0.05, 0) is 142 Å². The van der Waals surface area contributed by atoms with Crippen molar-refractivity contribution in [2.24, 2.45) is 10.8 Å². The molecule has 5 saturated heterocycles.